The summed E-state index contributed by atoms with van der Waals surface area (Å²) >= 11 is 8.32. The van der Waals surface area contributed by atoms with Gasteiger partial charge in [-0.25, -0.2) is 0 Å². The smallest absolute Gasteiger partial charge is 0.266 e. The predicted octanol–water partition coefficient (Wildman–Crippen LogP) is 5.39. The number of rotatable bonds is 5. The van der Waals surface area contributed by atoms with Crippen LogP contribution in [-0.2, 0) is 4.79 Å². The van der Waals surface area contributed by atoms with Crippen LogP contribution in [0.4, 0.5) is 0 Å². The highest BCUT2D eigenvalue weighted by molar-refractivity contribution is 8.26. The monoisotopic (exact) mass is 401 g/mol. The molecule has 1 N–H and O–H groups in total. The summed E-state index contributed by atoms with van der Waals surface area (Å²) in [5.74, 6) is 0.179. The largest absolute Gasteiger partial charge is 0.507 e. The molecule has 134 valence electrons. The second-order valence-electron chi connectivity index (χ2n) is 5.84. The number of amides is 1. The Hall–Kier alpha value is -1.76. The molecule has 0 radical (unpaired) electrons. The van der Waals surface area contributed by atoms with Gasteiger partial charge in [-0.2, -0.15) is 0 Å². The molecule has 1 aliphatic rings. The first kappa shape index (κ1) is 19.0. The fourth-order valence-corrected chi connectivity index (χ4v) is 4.43. The maximum atomic E-state index is 12.5. The number of aromatic hydroxyl groups is 1. The Bertz CT molecular complexity index is 875. The van der Waals surface area contributed by atoms with Crippen molar-refractivity contribution in [2.75, 3.05) is 12.8 Å². The van der Waals surface area contributed by atoms with Gasteiger partial charge in [0.15, 0.2) is 0 Å². The topological polar surface area (TPSA) is 40.5 Å². The molecule has 3 rings (SSSR count). The highest BCUT2D eigenvalue weighted by Crippen LogP contribution is 2.35. The van der Waals surface area contributed by atoms with E-state index in [9.17, 15) is 9.90 Å². The van der Waals surface area contributed by atoms with Gasteiger partial charge < -0.3 is 5.11 Å². The van der Waals surface area contributed by atoms with Gasteiger partial charge in [0.25, 0.3) is 5.91 Å². The zero-order valence-corrected chi connectivity index (χ0v) is 17.0. The summed E-state index contributed by atoms with van der Waals surface area (Å²) in [6.07, 6.45) is 4.74. The van der Waals surface area contributed by atoms with E-state index in [0.717, 1.165) is 23.1 Å². The van der Waals surface area contributed by atoms with Crippen LogP contribution >= 0.6 is 35.7 Å². The first-order chi connectivity index (χ1) is 12.5. The van der Waals surface area contributed by atoms with Crippen molar-refractivity contribution in [2.45, 2.75) is 18.2 Å². The van der Waals surface area contributed by atoms with Crippen molar-refractivity contribution in [1.29, 1.82) is 0 Å². The Morgan fingerprint density at radius 3 is 2.62 bits per heavy atom. The molecule has 1 saturated heterocycles. The van der Waals surface area contributed by atoms with Crippen LogP contribution in [0.3, 0.4) is 0 Å². The van der Waals surface area contributed by atoms with Crippen LogP contribution in [0.1, 0.15) is 18.9 Å². The predicted molar refractivity (Wildman–Crippen MR) is 115 cm³/mol. The molecular weight excluding hydrogens is 382 g/mol. The summed E-state index contributed by atoms with van der Waals surface area (Å²) in [6.45, 7) is 2.67. The molecule has 0 saturated carbocycles. The van der Waals surface area contributed by atoms with Gasteiger partial charge in [-0.1, -0.05) is 49.1 Å². The molecule has 0 aliphatic carbocycles. The molecule has 0 aromatic heterocycles. The lowest BCUT2D eigenvalue weighted by molar-refractivity contribution is -0.122. The van der Waals surface area contributed by atoms with E-state index in [1.807, 2.05) is 55.7 Å². The van der Waals surface area contributed by atoms with E-state index < -0.39 is 0 Å². The zero-order valence-electron chi connectivity index (χ0n) is 14.6. The summed E-state index contributed by atoms with van der Waals surface area (Å²) in [5.41, 5.74) is 2.55. The molecule has 6 heteroatoms. The molecule has 0 unspecified atom stereocenters. The Morgan fingerprint density at radius 2 is 1.96 bits per heavy atom. The zero-order chi connectivity index (χ0) is 18.7. The first-order valence-electron chi connectivity index (χ1n) is 8.26. The van der Waals surface area contributed by atoms with Crippen molar-refractivity contribution in [2.24, 2.45) is 0 Å². The highest BCUT2D eigenvalue weighted by Gasteiger charge is 2.31. The molecule has 1 heterocycles. The average molecular weight is 402 g/mol. The van der Waals surface area contributed by atoms with Gasteiger partial charge in [0.2, 0.25) is 0 Å². The summed E-state index contributed by atoms with van der Waals surface area (Å²) in [4.78, 5) is 15.9. The van der Waals surface area contributed by atoms with Crippen molar-refractivity contribution >= 4 is 52.0 Å². The van der Waals surface area contributed by atoms with Crippen LogP contribution in [0.25, 0.3) is 17.2 Å². The summed E-state index contributed by atoms with van der Waals surface area (Å²) < 4.78 is 0.606. The number of phenols is 1. The second kappa shape index (κ2) is 8.29. The SMILES string of the molecule is CCCN1C(=O)/C(=C/c2ccc(O)c(-c3ccc(SC)cc3)c2)SC1=S. The van der Waals surface area contributed by atoms with Crippen molar-refractivity contribution in [3.05, 3.63) is 52.9 Å². The van der Waals surface area contributed by atoms with E-state index >= 15 is 0 Å². The minimum Gasteiger partial charge on any atom is -0.507 e. The minimum absolute atomic E-state index is 0.0409. The third-order valence-electron chi connectivity index (χ3n) is 4.04. The van der Waals surface area contributed by atoms with Crippen molar-refractivity contribution in [3.8, 4) is 16.9 Å². The number of thioether (sulfide) groups is 2. The van der Waals surface area contributed by atoms with Crippen LogP contribution in [-0.4, -0.2) is 33.0 Å². The summed E-state index contributed by atoms with van der Waals surface area (Å²) in [7, 11) is 0. The third kappa shape index (κ3) is 3.98. The number of phenolic OH excluding ortho intramolecular Hbond substituents is 1. The third-order valence-corrected chi connectivity index (χ3v) is 6.16. The first-order valence-corrected chi connectivity index (χ1v) is 10.7. The van der Waals surface area contributed by atoms with Crippen LogP contribution in [0, 0.1) is 0 Å². The van der Waals surface area contributed by atoms with E-state index in [-0.39, 0.29) is 11.7 Å². The van der Waals surface area contributed by atoms with Gasteiger partial charge >= 0.3 is 0 Å². The Kier molecular flexibility index (Phi) is 6.06. The van der Waals surface area contributed by atoms with Crippen LogP contribution in [0.5, 0.6) is 5.75 Å². The molecule has 26 heavy (non-hydrogen) atoms. The van der Waals surface area contributed by atoms with Crippen LogP contribution in [0.15, 0.2) is 52.3 Å². The minimum atomic E-state index is -0.0409. The van der Waals surface area contributed by atoms with Gasteiger partial charge in [0.05, 0.1) is 4.91 Å². The van der Waals surface area contributed by atoms with E-state index in [1.165, 1.54) is 16.7 Å². The molecule has 0 atom stereocenters. The van der Waals surface area contributed by atoms with Crippen molar-refractivity contribution in [3.63, 3.8) is 0 Å². The lowest BCUT2D eigenvalue weighted by Crippen LogP contribution is -2.28. The van der Waals surface area contributed by atoms with Crippen molar-refractivity contribution < 1.29 is 9.90 Å². The molecule has 1 amide bonds. The number of hydrogen-bond acceptors (Lipinski definition) is 5. The number of benzene rings is 2. The maximum absolute atomic E-state index is 12.5. The second-order valence-corrected chi connectivity index (χ2v) is 8.39. The summed E-state index contributed by atoms with van der Waals surface area (Å²) in [6, 6.07) is 13.4. The molecular formula is C20H19NO2S3. The molecule has 0 spiro atoms. The number of thiocarbonyl (C=S) groups is 1. The van der Waals surface area contributed by atoms with E-state index in [1.54, 1.807) is 22.7 Å². The normalized spacial score (nSPS) is 15.9. The Morgan fingerprint density at radius 1 is 1.23 bits per heavy atom. The highest BCUT2D eigenvalue weighted by atomic mass is 32.2. The van der Waals surface area contributed by atoms with Crippen LogP contribution < -0.4 is 0 Å². The molecule has 1 fully saturated rings. The lowest BCUT2D eigenvalue weighted by Gasteiger charge is -2.12. The maximum Gasteiger partial charge on any atom is 0.266 e. The molecule has 1 aliphatic heterocycles. The van der Waals surface area contributed by atoms with Gasteiger partial charge in [-0.15, -0.1) is 11.8 Å². The molecule has 2 aromatic carbocycles. The number of carbonyl (C=O) groups excluding carboxylic acids is 1. The van der Waals surface area contributed by atoms with Crippen molar-refractivity contribution in [1.82, 2.24) is 4.90 Å². The fourth-order valence-electron chi connectivity index (χ4n) is 2.71. The Labute approximate surface area is 167 Å². The molecule has 2 aromatic rings. The lowest BCUT2D eigenvalue weighted by atomic mass is 10.0. The number of hydrogen-bond donors (Lipinski definition) is 1. The fraction of sp³-hybridized carbons (Fsp3) is 0.200. The number of carbonyl (C=O) groups is 1. The molecule has 0 bridgehead atoms. The van der Waals surface area contributed by atoms with Gasteiger partial charge in [-0.05, 0) is 54.1 Å². The average Bonchev–Trinajstić information content (AvgIpc) is 2.91. The molecule has 3 nitrogen and oxygen atoms in total. The standard InChI is InChI=1S/C20H19NO2S3/c1-3-10-21-19(23)18(26-20(21)24)12-13-4-9-17(22)16(11-13)14-5-7-15(25-2)8-6-14/h4-9,11-12,22H,3,10H2,1-2H3/b18-12-. The van der Waals surface area contributed by atoms with Crippen LogP contribution in [0.2, 0.25) is 0 Å². The van der Waals surface area contributed by atoms with E-state index in [2.05, 4.69) is 0 Å². The quantitative estimate of drug-likeness (QED) is 0.413. The summed E-state index contributed by atoms with van der Waals surface area (Å²) in [5, 5.41) is 10.3. The van der Waals surface area contributed by atoms with Gasteiger partial charge in [-0.3, -0.25) is 9.69 Å². The number of nitrogens with zero attached hydrogens (tertiary/aromatic N) is 1. The van der Waals surface area contributed by atoms with E-state index in [0.29, 0.717) is 15.8 Å². The Balaban J connectivity index is 1.92. The van der Waals surface area contributed by atoms with E-state index in [4.69, 9.17) is 12.2 Å². The van der Waals surface area contributed by atoms with Gasteiger partial charge in [0, 0.05) is 17.0 Å². The van der Waals surface area contributed by atoms with Gasteiger partial charge in [0.1, 0.15) is 10.1 Å².